The van der Waals surface area contributed by atoms with Crippen LogP contribution in [-0.2, 0) is 0 Å². The zero-order chi connectivity index (χ0) is 13.0. The van der Waals surface area contributed by atoms with Crippen molar-refractivity contribution >= 4 is 22.5 Å². The van der Waals surface area contributed by atoms with Crippen molar-refractivity contribution in [3.05, 3.63) is 59.7 Å². The van der Waals surface area contributed by atoms with Crippen LogP contribution in [0.15, 0.2) is 47.5 Å². The van der Waals surface area contributed by atoms with Crippen LogP contribution in [0.1, 0.15) is 11.4 Å². The van der Waals surface area contributed by atoms with Crippen LogP contribution in [0.25, 0.3) is 0 Å². The fraction of sp³-hybridized carbons (Fsp3) is 0.143. The van der Waals surface area contributed by atoms with Crippen LogP contribution in [0, 0.1) is 12.7 Å². The molecule has 0 N–H and O–H groups in total. The Balaban J connectivity index is 2.43. The highest BCUT2D eigenvalue weighted by Gasteiger charge is 2.06. The minimum atomic E-state index is -0.322. The van der Waals surface area contributed by atoms with E-state index in [2.05, 4.69) is 9.98 Å². The summed E-state index contributed by atoms with van der Waals surface area (Å²) in [5, 5.41) is 0.712. The lowest BCUT2D eigenvalue weighted by molar-refractivity contribution is 0.630. The first-order chi connectivity index (χ1) is 8.70. The van der Waals surface area contributed by atoms with Crippen LogP contribution in [0.2, 0.25) is 0 Å². The van der Waals surface area contributed by atoms with E-state index in [1.165, 1.54) is 17.8 Å². The highest BCUT2D eigenvalue weighted by Crippen LogP contribution is 2.20. The highest BCUT2D eigenvalue weighted by molar-refractivity contribution is 8.13. The fourth-order valence-electron chi connectivity index (χ4n) is 1.52. The van der Waals surface area contributed by atoms with Crippen molar-refractivity contribution in [2.75, 3.05) is 6.26 Å². The Kier molecular flexibility index (Phi) is 4.10. The number of thioether (sulfide) groups is 1. The van der Waals surface area contributed by atoms with Crippen molar-refractivity contribution in [3.8, 4) is 0 Å². The van der Waals surface area contributed by atoms with Crippen molar-refractivity contribution in [1.82, 2.24) is 4.98 Å². The molecule has 0 atom stereocenters. The van der Waals surface area contributed by atoms with Crippen molar-refractivity contribution < 1.29 is 4.39 Å². The number of aryl methyl sites for hydroxylation is 1. The van der Waals surface area contributed by atoms with Gasteiger partial charge in [0.1, 0.15) is 16.5 Å². The molecule has 0 aliphatic carbocycles. The molecule has 1 heterocycles. The number of hydrogen-bond acceptors (Lipinski definition) is 3. The molecular weight excluding hydrogens is 247 g/mol. The molecule has 4 heteroatoms. The van der Waals surface area contributed by atoms with E-state index in [-0.39, 0.29) is 5.82 Å². The Labute approximate surface area is 110 Å². The van der Waals surface area contributed by atoms with Gasteiger partial charge in [0, 0.05) is 5.69 Å². The second-order valence-corrected chi connectivity index (χ2v) is 4.53. The van der Waals surface area contributed by atoms with Gasteiger partial charge in [-0.05, 0) is 37.4 Å². The van der Waals surface area contributed by atoms with Crippen LogP contribution in [0.3, 0.4) is 0 Å². The minimum absolute atomic E-state index is 0.322. The van der Waals surface area contributed by atoms with E-state index < -0.39 is 0 Å². The van der Waals surface area contributed by atoms with Gasteiger partial charge in [-0.2, -0.15) is 0 Å². The summed E-state index contributed by atoms with van der Waals surface area (Å²) in [4.78, 5) is 8.73. The molecule has 92 valence electrons. The molecule has 2 nitrogen and oxygen atoms in total. The van der Waals surface area contributed by atoms with Gasteiger partial charge in [0.2, 0.25) is 0 Å². The van der Waals surface area contributed by atoms with E-state index in [1.54, 1.807) is 18.2 Å². The topological polar surface area (TPSA) is 25.2 Å². The summed E-state index contributed by atoms with van der Waals surface area (Å²) in [7, 11) is 0. The predicted molar refractivity (Wildman–Crippen MR) is 75.1 cm³/mol. The number of para-hydroxylation sites is 1. The lowest BCUT2D eigenvalue weighted by Gasteiger charge is -2.04. The summed E-state index contributed by atoms with van der Waals surface area (Å²) in [6.07, 6.45) is 1.91. The summed E-state index contributed by atoms with van der Waals surface area (Å²) < 4.78 is 13.5. The van der Waals surface area contributed by atoms with Crippen molar-refractivity contribution in [1.29, 1.82) is 0 Å². The lowest BCUT2D eigenvalue weighted by Crippen LogP contribution is -1.99. The summed E-state index contributed by atoms with van der Waals surface area (Å²) in [5.41, 5.74) is 2.03. The second kappa shape index (κ2) is 5.78. The SMILES string of the molecule is CS/C(=N\c1ccccc1F)c1cccc(C)n1. The van der Waals surface area contributed by atoms with Gasteiger partial charge in [-0.1, -0.05) is 18.2 Å². The maximum absolute atomic E-state index is 13.5. The molecule has 0 spiro atoms. The normalized spacial score (nSPS) is 11.6. The fourth-order valence-corrected chi connectivity index (χ4v) is 2.03. The van der Waals surface area contributed by atoms with Gasteiger partial charge in [0.15, 0.2) is 0 Å². The van der Waals surface area contributed by atoms with Crippen molar-refractivity contribution in [2.45, 2.75) is 6.92 Å². The molecule has 0 saturated heterocycles. The number of nitrogens with zero attached hydrogens (tertiary/aromatic N) is 2. The molecule has 0 unspecified atom stereocenters. The quantitative estimate of drug-likeness (QED) is 0.603. The molecule has 0 bridgehead atoms. The maximum Gasteiger partial charge on any atom is 0.148 e. The lowest BCUT2D eigenvalue weighted by atomic mass is 10.3. The Hall–Kier alpha value is -1.68. The smallest absolute Gasteiger partial charge is 0.148 e. The molecule has 0 saturated carbocycles. The van der Waals surface area contributed by atoms with Crippen LogP contribution in [-0.4, -0.2) is 16.3 Å². The number of rotatable bonds is 2. The molecule has 2 rings (SSSR count). The summed E-state index contributed by atoms with van der Waals surface area (Å²) in [6, 6.07) is 12.2. The average Bonchev–Trinajstić information content (AvgIpc) is 2.38. The maximum atomic E-state index is 13.5. The van der Waals surface area contributed by atoms with Crippen LogP contribution in [0.5, 0.6) is 0 Å². The molecule has 1 aromatic heterocycles. The zero-order valence-electron chi connectivity index (χ0n) is 10.2. The number of aromatic nitrogens is 1. The predicted octanol–water partition coefficient (Wildman–Crippen LogP) is 3.97. The van der Waals surface area contributed by atoms with Gasteiger partial charge in [-0.15, -0.1) is 11.8 Å². The second-order valence-electron chi connectivity index (χ2n) is 3.74. The molecule has 0 amide bonds. The summed E-state index contributed by atoms with van der Waals surface area (Å²) >= 11 is 1.46. The summed E-state index contributed by atoms with van der Waals surface area (Å²) in [6.45, 7) is 1.92. The van der Waals surface area contributed by atoms with Gasteiger partial charge in [-0.25, -0.2) is 9.38 Å². The number of hydrogen-bond donors (Lipinski definition) is 0. The van der Waals surface area contributed by atoms with Crippen molar-refractivity contribution in [3.63, 3.8) is 0 Å². The highest BCUT2D eigenvalue weighted by atomic mass is 32.2. The average molecular weight is 260 g/mol. The third kappa shape index (κ3) is 2.96. The van der Waals surface area contributed by atoms with Gasteiger partial charge in [0.25, 0.3) is 0 Å². The number of aliphatic imine (C=N–C) groups is 1. The Morgan fingerprint density at radius 3 is 2.61 bits per heavy atom. The number of benzene rings is 1. The molecular formula is C14H13FN2S. The van der Waals surface area contributed by atoms with E-state index >= 15 is 0 Å². The largest absolute Gasteiger partial charge is 0.251 e. The number of pyridine rings is 1. The van der Waals surface area contributed by atoms with Crippen molar-refractivity contribution in [2.24, 2.45) is 4.99 Å². The van der Waals surface area contributed by atoms with E-state index in [0.29, 0.717) is 10.7 Å². The molecule has 0 radical (unpaired) electrons. The first-order valence-corrected chi connectivity index (χ1v) is 6.74. The van der Waals surface area contributed by atoms with Crippen LogP contribution in [0.4, 0.5) is 10.1 Å². The monoisotopic (exact) mass is 260 g/mol. The Bertz CT molecular complexity index is 582. The molecule has 1 aromatic carbocycles. The van der Waals surface area contributed by atoms with Gasteiger partial charge in [0.05, 0.1) is 5.69 Å². The minimum Gasteiger partial charge on any atom is -0.251 e. The van der Waals surface area contributed by atoms with E-state index in [9.17, 15) is 4.39 Å². The first-order valence-electron chi connectivity index (χ1n) is 5.52. The van der Waals surface area contributed by atoms with Gasteiger partial charge < -0.3 is 0 Å². The zero-order valence-corrected chi connectivity index (χ0v) is 11.0. The van der Waals surface area contributed by atoms with E-state index in [0.717, 1.165) is 11.4 Å². The van der Waals surface area contributed by atoms with Gasteiger partial charge in [-0.3, -0.25) is 4.98 Å². The molecule has 0 aliphatic heterocycles. The van der Waals surface area contributed by atoms with Crippen LogP contribution < -0.4 is 0 Å². The molecule has 18 heavy (non-hydrogen) atoms. The third-order valence-corrected chi connectivity index (χ3v) is 3.06. The van der Waals surface area contributed by atoms with Gasteiger partial charge >= 0.3 is 0 Å². The number of halogens is 1. The Morgan fingerprint density at radius 1 is 1.17 bits per heavy atom. The third-order valence-electron chi connectivity index (χ3n) is 2.38. The first kappa shape index (κ1) is 12.8. The van der Waals surface area contributed by atoms with Crippen LogP contribution >= 0.6 is 11.8 Å². The molecule has 0 fully saturated rings. The summed E-state index contributed by atoms with van der Waals surface area (Å²) in [5.74, 6) is -0.322. The molecule has 2 aromatic rings. The molecule has 0 aliphatic rings. The Morgan fingerprint density at radius 2 is 1.94 bits per heavy atom. The van der Waals surface area contributed by atoms with E-state index in [1.807, 2.05) is 31.4 Å². The standard InChI is InChI=1S/C14H13FN2S/c1-10-6-5-9-13(16-10)14(18-2)17-12-8-4-3-7-11(12)15/h3-9H,1-2H3/b17-14-. The van der Waals surface area contributed by atoms with E-state index in [4.69, 9.17) is 0 Å².